The van der Waals surface area contributed by atoms with Crippen molar-refractivity contribution in [3.8, 4) is 0 Å². The van der Waals surface area contributed by atoms with Crippen molar-refractivity contribution in [1.29, 1.82) is 0 Å². The number of likely N-dealkylation sites (tertiary alicyclic amines) is 1. The standard InChI is InChI=1S/C22H25ClN2S2/c1-2-26-21-20(17-11-13-18(23)14-12-17)27-22(24-15-7-4-8-16-24)25(21)19-9-5-3-6-10-19/h3,5-6,9-14,22H,2,4,7-8,15-16H2,1H3. The van der Waals surface area contributed by atoms with Crippen LogP contribution in [0, 0.1) is 0 Å². The molecule has 0 spiro atoms. The SMILES string of the molecule is CCSC1=C(c2ccc(Cl)cc2)SC(N2CCCCC2)N1c1ccccc1. The summed E-state index contributed by atoms with van der Waals surface area (Å²) in [6.45, 7) is 4.59. The molecule has 0 saturated carbocycles. The van der Waals surface area contributed by atoms with Gasteiger partial charge in [-0.1, -0.05) is 67.0 Å². The zero-order chi connectivity index (χ0) is 18.6. The normalized spacial score (nSPS) is 21.1. The van der Waals surface area contributed by atoms with Gasteiger partial charge >= 0.3 is 0 Å². The van der Waals surface area contributed by atoms with Crippen LogP contribution in [0.25, 0.3) is 4.91 Å². The number of benzene rings is 2. The van der Waals surface area contributed by atoms with Crippen LogP contribution >= 0.6 is 35.1 Å². The summed E-state index contributed by atoms with van der Waals surface area (Å²) in [7, 11) is 0. The van der Waals surface area contributed by atoms with Gasteiger partial charge in [-0.3, -0.25) is 4.90 Å². The molecule has 0 amide bonds. The Balaban J connectivity index is 1.77. The van der Waals surface area contributed by atoms with Crippen LogP contribution in [-0.4, -0.2) is 29.2 Å². The topological polar surface area (TPSA) is 6.48 Å². The van der Waals surface area contributed by atoms with Crippen LogP contribution < -0.4 is 4.90 Å². The summed E-state index contributed by atoms with van der Waals surface area (Å²) >= 11 is 10.1. The van der Waals surface area contributed by atoms with Crippen LogP contribution in [0.3, 0.4) is 0 Å². The van der Waals surface area contributed by atoms with E-state index >= 15 is 0 Å². The van der Waals surface area contributed by atoms with Crippen LogP contribution in [0.2, 0.25) is 5.02 Å². The second-order valence-corrected chi connectivity index (χ2v) is 9.58. The predicted molar refractivity (Wildman–Crippen MR) is 122 cm³/mol. The smallest absolute Gasteiger partial charge is 0.140 e. The van der Waals surface area contributed by atoms with Crippen molar-refractivity contribution in [2.24, 2.45) is 0 Å². The van der Waals surface area contributed by atoms with Crippen molar-refractivity contribution < 1.29 is 0 Å². The van der Waals surface area contributed by atoms with Crippen molar-refractivity contribution >= 4 is 45.7 Å². The molecule has 0 bridgehead atoms. The molecule has 1 fully saturated rings. The summed E-state index contributed by atoms with van der Waals surface area (Å²) in [5.74, 6) is 1.06. The van der Waals surface area contributed by atoms with Gasteiger partial charge < -0.3 is 4.90 Å². The highest BCUT2D eigenvalue weighted by atomic mass is 35.5. The zero-order valence-corrected chi connectivity index (χ0v) is 18.0. The lowest BCUT2D eigenvalue weighted by Crippen LogP contribution is -2.45. The number of hydrogen-bond donors (Lipinski definition) is 0. The second kappa shape index (κ2) is 8.95. The molecule has 1 atom stereocenters. The minimum atomic E-state index is 0.326. The van der Waals surface area contributed by atoms with E-state index in [1.54, 1.807) is 0 Å². The van der Waals surface area contributed by atoms with Gasteiger partial charge in [-0.15, -0.1) is 11.8 Å². The number of para-hydroxylation sites is 1. The first-order valence-electron chi connectivity index (χ1n) is 9.66. The highest BCUT2D eigenvalue weighted by molar-refractivity contribution is 8.12. The minimum Gasteiger partial charge on any atom is -0.309 e. The Hall–Kier alpha value is -1.07. The number of piperidine rings is 1. The van der Waals surface area contributed by atoms with Gasteiger partial charge in [0, 0.05) is 28.7 Å². The number of thioether (sulfide) groups is 2. The van der Waals surface area contributed by atoms with Gasteiger partial charge in [0.25, 0.3) is 0 Å². The summed E-state index contributed by atoms with van der Waals surface area (Å²) in [5, 5.41) is 2.16. The van der Waals surface area contributed by atoms with Gasteiger partial charge in [-0.2, -0.15) is 0 Å². The van der Waals surface area contributed by atoms with E-state index in [-0.39, 0.29) is 0 Å². The van der Waals surface area contributed by atoms with Crippen LogP contribution in [0.15, 0.2) is 59.6 Å². The fourth-order valence-corrected chi connectivity index (χ4v) is 6.45. The molecule has 27 heavy (non-hydrogen) atoms. The summed E-state index contributed by atoms with van der Waals surface area (Å²) in [6, 6.07) is 19.2. The van der Waals surface area contributed by atoms with Crippen LogP contribution in [0.5, 0.6) is 0 Å². The van der Waals surface area contributed by atoms with E-state index in [2.05, 4.69) is 59.2 Å². The Kier molecular flexibility index (Phi) is 6.39. The highest BCUT2D eigenvalue weighted by Crippen LogP contribution is 2.51. The first kappa shape index (κ1) is 19.3. The Morgan fingerprint density at radius 3 is 2.37 bits per heavy atom. The Morgan fingerprint density at radius 1 is 1.00 bits per heavy atom. The van der Waals surface area contributed by atoms with Crippen molar-refractivity contribution in [3.05, 3.63) is 70.2 Å². The monoisotopic (exact) mass is 416 g/mol. The van der Waals surface area contributed by atoms with Crippen molar-refractivity contribution in [1.82, 2.24) is 4.90 Å². The van der Waals surface area contributed by atoms with E-state index in [1.165, 1.54) is 53.5 Å². The molecule has 0 N–H and O–H groups in total. The first-order chi connectivity index (χ1) is 13.3. The van der Waals surface area contributed by atoms with Crippen molar-refractivity contribution in [2.75, 3.05) is 23.7 Å². The van der Waals surface area contributed by atoms with E-state index in [9.17, 15) is 0 Å². The number of nitrogens with zero attached hydrogens (tertiary/aromatic N) is 2. The molecule has 4 rings (SSSR count). The van der Waals surface area contributed by atoms with Gasteiger partial charge in [-0.05, 0) is 48.4 Å². The molecule has 0 aliphatic carbocycles. The van der Waals surface area contributed by atoms with Gasteiger partial charge in [0.05, 0.1) is 5.03 Å². The van der Waals surface area contributed by atoms with Gasteiger partial charge in [0.2, 0.25) is 0 Å². The molecule has 142 valence electrons. The molecule has 1 unspecified atom stereocenters. The van der Waals surface area contributed by atoms with Gasteiger partial charge in [0.15, 0.2) is 0 Å². The number of halogens is 1. The lowest BCUT2D eigenvalue weighted by atomic mass is 10.1. The maximum absolute atomic E-state index is 6.14. The van der Waals surface area contributed by atoms with Crippen LogP contribution in [-0.2, 0) is 0 Å². The Bertz CT molecular complexity index is 786. The van der Waals surface area contributed by atoms with E-state index in [1.807, 2.05) is 35.7 Å². The molecule has 0 aromatic heterocycles. The largest absolute Gasteiger partial charge is 0.309 e. The Morgan fingerprint density at radius 2 is 1.70 bits per heavy atom. The van der Waals surface area contributed by atoms with E-state index < -0.39 is 0 Å². The van der Waals surface area contributed by atoms with E-state index in [0.29, 0.717) is 5.50 Å². The average molecular weight is 417 g/mol. The molecule has 2 aromatic rings. The summed E-state index contributed by atoms with van der Waals surface area (Å²) in [4.78, 5) is 6.58. The lowest BCUT2D eigenvalue weighted by Gasteiger charge is -2.38. The Labute approximate surface area is 176 Å². The molecule has 0 radical (unpaired) electrons. The van der Waals surface area contributed by atoms with Gasteiger partial charge in [0.1, 0.15) is 5.50 Å². The molecule has 2 nitrogen and oxygen atoms in total. The molecule has 2 aromatic carbocycles. The molecule has 2 heterocycles. The van der Waals surface area contributed by atoms with E-state index in [4.69, 9.17) is 11.6 Å². The first-order valence-corrected chi connectivity index (χ1v) is 11.9. The summed E-state index contributed by atoms with van der Waals surface area (Å²) in [5.41, 5.74) is 2.87. The zero-order valence-electron chi connectivity index (χ0n) is 15.6. The maximum Gasteiger partial charge on any atom is 0.140 e. The number of rotatable bonds is 5. The summed E-state index contributed by atoms with van der Waals surface area (Å²) in [6.07, 6.45) is 3.95. The van der Waals surface area contributed by atoms with Crippen molar-refractivity contribution in [2.45, 2.75) is 31.7 Å². The predicted octanol–water partition coefficient (Wildman–Crippen LogP) is 6.74. The fourth-order valence-electron chi connectivity index (χ4n) is 3.69. The third-order valence-electron chi connectivity index (χ3n) is 4.98. The quantitative estimate of drug-likeness (QED) is 0.532. The molecule has 1 saturated heterocycles. The number of anilines is 1. The second-order valence-electron chi connectivity index (χ2n) is 6.82. The summed E-state index contributed by atoms with van der Waals surface area (Å²) < 4.78 is 0. The highest BCUT2D eigenvalue weighted by Gasteiger charge is 2.38. The molecule has 2 aliphatic heterocycles. The molecule has 2 aliphatic rings. The van der Waals surface area contributed by atoms with Crippen LogP contribution in [0.4, 0.5) is 5.69 Å². The molecular weight excluding hydrogens is 392 g/mol. The third kappa shape index (κ3) is 4.19. The fraction of sp³-hybridized carbons (Fsp3) is 0.364. The molecule has 5 heteroatoms. The minimum absolute atomic E-state index is 0.326. The average Bonchev–Trinajstić information content (AvgIpc) is 3.09. The third-order valence-corrected chi connectivity index (χ3v) is 7.71. The van der Waals surface area contributed by atoms with Gasteiger partial charge in [-0.25, -0.2) is 0 Å². The van der Waals surface area contributed by atoms with E-state index in [0.717, 1.165) is 10.8 Å². The number of hydrogen-bond acceptors (Lipinski definition) is 4. The van der Waals surface area contributed by atoms with Crippen molar-refractivity contribution in [3.63, 3.8) is 0 Å². The molecular formula is C22H25ClN2S2. The maximum atomic E-state index is 6.14. The van der Waals surface area contributed by atoms with Crippen LogP contribution in [0.1, 0.15) is 31.7 Å². The lowest BCUT2D eigenvalue weighted by molar-refractivity contribution is 0.216.